The van der Waals surface area contributed by atoms with Gasteiger partial charge in [-0.05, 0) is 18.1 Å². The minimum atomic E-state index is 0. The molecule has 0 spiro atoms. The number of nitrogens with one attached hydrogen (secondary N) is 2. The molecule has 156 valence electrons. The Bertz CT molecular complexity index is 873. The van der Waals surface area contributed by atoms with Crippen molar-refractivity contribution in [3.63, 3.8) is 0 Å². The molecule has 29 heavy (non-hydrogen) atoms. The second-order valence-corrected chi connectivity index (χ2v) is 6.33. The average Bonchev–Trinajstić information content (AvgIpc) is 3.38. The van der Waals surface area contributed by atoms with E-state index >= 15 is 0 Å². The van der Waals surface area contributed by atoms with Crippen molar-refractivity contribution in [3.8, 4) is 0 Å². The number of aryl methyl sites for hydroxylation is 1. The molecule has 10 heteroatoms. The van der Waals surface area contributed by atoms with E-state index in [2.05, 4.69) is 73.6 Å². The van der Waals surface area contributed by atoms with Gasteiger partial charge >= 0.3 is 0 Å². The first-order chi connectivity index (χ1) is 13.8. The highest BCUT2D eigenvalue weighted by molar-refractivity contribution is 14.0. The highest BCUT2D eigenvalue weighted by Gasteiger charge is 2.03. The van der Waals surface area contributed by atoms with E-state index in [-0.39, 0.29) is 24.0 Å². The van der Waals surface area contributed by atoms with Crippen molar-refractivity contribution >= 4 is 29.9 Å². The number of halogens is 1. The van der Waals surface area contributed by atoms with Crippen molar-refractivity contribution in [2.24, 2.45) is 4.99 Å². The van der Waals surface area contributed by atoms with Crippen molar-refractivity contribution in [1.29, 1.82) is 0 Å². The molecule has 0 bridgehead atoms. The van der Waals surface area contributed by atoms with Crippen LogP contribution < -0.4 is 10.6 Å². The normalized spacial score (nSPS) is 11.2. The number of aromatic nitrogens is 6. The molecule has 0 atom stereocenters. The van der Waals surface area contributed by atoms with Crippen molar-refractivity contribution in [2.45, 2.75) is 39.9 Å². The second-order valence-electron chi connectivity index (χ2n) is 6.33. The van der Waals surface area contributed by atoms with Crippen LogP contribution in [0.3, 0.4) is 0 Å². The number of hydrogen-bond donors (Lipinski definition) is 2. The summed E-state index contributed by atoms with van der Waals surface area (Å²) in [5.74, 6) is 1.79. The summed E-state index contributed by atoms with van der Waals surface area (Å²) in [6, 6.07) is 8.38. The second kappa shape index (κ2) is 12.1. The zero-order chi connectivity index (χ0) is 19.6. The molecule has 0 aliphatic heterocycles. The van der Waals surface area contributed by atoms with E-state index in [1.807, 2.05) is 4.68 Å². The Morgan fingerprint density at radius 1 is 1.14 bits per heavy atom. The Morgan fingerprint density at radius 3 is 2.76 bits per heavy atom. The molecule has 0 unspecified atom stereocenters. The first kappa shape index (κ1) is 22.8. The van der Waals surface area contributed by atoms with Gasteiger partial charge in [-0.25, -0.2) is 14.7 Å². The minimum absolute atomic E-state index is 0. The maximum atomic E-state index is 4.70. The number of guanidine groups is 1. The maximum Gasteiger partial charge on any atom is 0.191 e. The quantitative estimate of drug-likeness (QED) is 0.260. The fourth-order valence-corrected chi connectivity index (χ4v) is 2.87. The molecule has 0 amide bonds. The Hall–Kier alpha value is -2.50. The monoisotopic (exact) mass is 509 g/mol. The van der Waals surface area contributed by atoms with Crippen LogP contribution in [-0.2, 0) is 26.1 Å². The number of nitrogens with zero attached hydrogens (tertiary/aromatic N) is 7. The van der Waals surface area contributed by atoms with Gasteiger partial charge in [-0.15, -0.1) is 34.2 Å². The fourth-order valence-electron chi connectivity index (χ4n) is 2.87. The van der Waals surface area contributed by atoms with E-state index in [9.17, 15) is 0 Å². The molecule has 0 radical (unpaired) electrons. The molecule has 0 fully saturated rings. The Morgan fingerprint density at radius 2 is 2.00 bits per heavy atom. The highest BCUT2D eigenvalue weighted by atomic mass is 127. The van der Waals surface area contributed by atoms with E-state index in [0.29, 0.717) is 13.1 Å². The van der Waals surface area contributed by atoms with Gasteiger partial charge in [0.1, 0.15) is 24.8 Å². The summed E-state index contributed by atoms with van der Waals surface area (Å²) in [5.41, 5.74) is 2.33. The van der Waals surface area contributed by atoms with Crippen molar-refractivity contribution in [2.75, 3.05) is 13.1 Å². The highest BCUT2D eigenvalue weighted by Crippen LogP contribution is 2.08. The summed E-state index contributed by atoms with van der Waals surface area (Å²) in [7, 11) is 0. The van der Waals surface area contributed by atoms with Crippen LogP contribution >= 0.6 is 24.0 Å². The van der Waals surface area contributed by atoms with E-state index in [0.717, 1.165) is 43.4 Å². The Balaban J connectivity index is 0.00000300. The van der Waals surface area contributed by atoms with Crippen LogP contribution in [-0.4, -0.2) is 48.6 Å². The third-order valence-electron chi connectivity index (χ3n) is 4.22. The molecule has 2 aromatic heterocycles. The van der Waals surface area contributed by atoms with Crippen molar-refractivity contribution in [3.05, 3.63) is 60.2 Å². The zero-order valence-corrected chi connectivity index (χ0v) is 19.2. The first-order valence-electron chi connectivity index (χ1n) is 9.57. The van der Waals surface area contributed by atoms with Gasteiger partial charge in [0.15, 0.2) is 5.96 Å². The van der Waals surface area contributed by atoms with Gasteiger partial charge in [-0.1, -0.05) is 31.2 Å². The lowest BCUT2D eigenvalue weighted by molar-refractivity contribution is 0.632. The molecule has 3 rings (SSSR count). The van der Waals surface area contributed by atoms with Crippen LogP contribution in [0.4, 0.5) is 0 Å². The zero-order valence-electron chi connectivity index (χ0n) is 16.8. The van der Waals surface area contributed by atoms with Gasteiger partial charge in [0.2, 0.25) is 0 Å². The first-order valence-corrected chi connectivity index (χ1v) is 9.57. The summed E-state index contributed by atoms with van der Waals surface area (Å²) in [5, 5.41) is 18.9. The van der Waals surface area contributed by atoms with Gasteiger partial charge in [-0.2, -0.15) is 5.10 Å². The molecule has 0 saturated carbocycles. The predicted molar refractivity (Wildman–Crippen MR) is 123 cm³/mol. The molecule has 9 nitrogen and oxygen atoms in total. The lowest BCUT2D eigenvalue weighted by Crippen LogP contribution is -2.38. The Labute approximate surface area is 188 Å². The van der Waals surface area contributed by atoms with Crippen LogP contribution in [0.1, 0.15) is 30.8 Å². The molecule has 2 N–H and O–H groups in total. The van der Waals surface area contributed by atoms with Crippen LogP contribution in [0.15, 0.2) is 48.2 Å². The van der Waals surface area contributed by atoms with Crippen LogP contribution in [0.5, 0.6) is 0 Å². The molecule has 0 aliphatic rings. The molecular weight excluding hydrogens is 481 g/mol. The lowest BCUT2D eigenvalue weighted by atomic mass is 10.1. The topological polar surface area (TPSA) is 97.8 Å². The number of aliphatic imine (C=N–C) groups is 1. The largest absolute Gasteiger partial charge is 0.357 e. The summed E-state index contributed by atoms with van der Waals surface area (Å²) >= 11 is 0. The van der Waals surface area contributed by atoms with Gasteiger partial charge in [-0.3, -0.25) is 0 Å². The third-order valence-corrected chi connectivity index (χ3v) is 4.22. The van der Waals surface area contributed by atoms with E-state index in [1.54, 1.807) is 19.0 Å². The molecule has 3 aromatic rings. The van der Waals surface area contributed by atoms with Crippen molar-refractivity contribution < 1.29 is 0 Å². The standard InChI is InChI=1S/C19H27N9.HI/c1-3-18-26-24-15-27(18)9-8-22-19(21-4-2)23-11-16-6-5-7-17(10-16)12-28-14-20-13-25-28;/h5-7,10,13-15H,3-4,8-9,11-12H2,1-2H3,(H2,21,22,23);1H. The average molecular weight is 509 g/mol. The summed E-state index contributed by atoms with van der Waals surface area (Å²) in [6.45, 7) is 7.81. The summed E-state index contributed by atoms with van der Waals surface area (Å²) in [6.07, 6.45) is 5.91. The maximum absolute atomic E-state index is 4.70. The molecule has 0 aliphatic carbocycles. The van der Waals surface area contributed by atoms with E-state index in [4.69, 9.17) is 4.99 Å². The van der Waals surface area contributed by atoms with E-state index in [1.165, 1.54) is 5.56 Å². The number of rotatable bonds is 9. The summed E-state index contributed by atoms with van der Waals surface area (Å²) in [4.78, 5) is 8.68. The number of hydrogen-bond acceptors (Lipinski definition) is 5. The molecule has 0 saturated heterocycles. The van der Waals surface area contributed by atoms with Gasteiger partial charge < -0.3 is 15.2 Å². The molecule has 1 aromatic carbocycles. The third kappa shape index (κ3) is 7.11. The van der Waals surface area contributed by atoms with Crippen LogP contribution in [0, 0.1) is 0 Å². The predicted octanol–water partition coefficient (Wildman–Crippen LogP) is 1.85. The molecule has 2 heterocycles. The SMILES string of the molecule is CCNC(=NCc1cccc(Cn2cncn2)c1)NCCn1cnnc1CC.I. The number of benzene rings is 1. The van der Waals surface area contributed by atoms with Crippen LogP contribution in [0.2, 0.25) is 0 Å². The summed E-state index contributed by atoms with van der Waals surface area (Å²) < 4.78 is 3.87. The van der Waals surface area contributed by atoms with Gasteiger partial charge in [0.05, 0.1) is 13.1 Å². The van der Waals surface area contributed by atoms with Crippen molar-refractivity contribution in [1.82, 2.24) is 40.2 Å². The minimum Gasteiger partial charge on any atom is -0.357 e. The van der Waals surface area contributed by atoms with Gasteiger partial charge in [0.25, 0.3) is 0 Å². The fraction of sp³-hybridized carbons (Fsp3) is 0.421. The lowest BCUT2D eigenvalue weighted by Gasteiger charge is -2.12. The molecular formula is C19H28IN9. The Kier molecular flexibility index (Phi) is 9.54. The smallest absolute Gasteiger partial charge is 0.191 e. The van der Waals surface area contributed by atoms with E-state index < -0.39 is 0 Å². The van der Waals surface area contributed by atoms with Crippen LogP contribution in [0.25, 0.3) is 0 Å². The van der Waals surface area contributed by atoms with Gasteiger partial charge in [0, 0.05) is 26.1 Å².